The molecule has 2 unspecified atom stereocenters. The van der Waals surface area contributed by atoms with Crippen LogP contribution in [-0.4, -0.2) is 45.5 Å². The van der Waals surface area contributed by atoms with Crippen LogP contribution in [0.1, 0.15) is 26.2 Å². The van der Waals surface area contributed by atoms with Crippen molar-refractivity contribution >= 4 is 22.8 Å². The van der Waals surface area contributed by atoms with Crippen molar-refractivity contribution in [2.75, 3.05) is 23.8 Å². The summed E-state index contributed by atoms with van der Waals surface area (Å²) >= 11 is 0. The van der Waals surface area contributed by atoms with E-state index in [4.69, 9.17) is 4.74 Å². The normalized spacial score (nSPS) is 25.4. The first-order valence-electron chi connectivity index (χ1n) is 7.68. The molecular weight excluding hydrogens is 268 g/mol. The summed E-state index contributed by atoms with van der Waals surface area (Å²) in [6.45, 7) is 3.65. The van der Waals surface area contributed by atoms with Gasteiger partial charge in [0.05, 0.1) is 23.7 Å². The second-order valence-electron chi connectivity index (χ2n) is 5.77. The minimum Gasteiger partial charge on any atom is -0.376 e. The Balaban J connectivity index is 1.63. The number of anilines is 2. The molecule has 0 spiro atoms. The summed E-state index contributed by atoms with van der Waals surface area (Å²) in [5, 5.41) is 14.6. The Hall–Kier alpha value is -1.89. The van der Waals surface area contributed by atoms with E-state index < -0.39 is 0 Å². The summed E-state index contributed by atoms with van der Waals surface area (Å²) in [6, 6.07) is 0.333. The van der Waals surface area contributed by atoms with Gasteiger partial charge in [-0.25, -0.2) is 0 Å². The molecule has 7 nitrogen and oxygen atoms in total. The largest absolute Gasteiger partial charge is 0.376 e. The highest BCUT2D eigenvalue weighted by Crippen LogP contribution is 2.39. The lowest BCUT2D eigenvalue weighted by molar-refractivity contribution is 0.0898. The van der Waals surface area contributed by atoms with Crippen LogP contribution in [-0.2, 0) is 4.74 Å². The lowest BCUT2D eigenvalue weighted by atomic mass is 10.1. The number of rotatable bonds is 5. The maximum absolute atomic E-state index is 5.89. The molecule has 1 saturated heterocycles. The highest BCUT2D eigenvalue weighted by molar-refractivity contribution is 5.87. The van der Waals surface area contributed by atoms with Crippen molar-refractivity contribution in [1.82, 2.24) is 20.2 Å². The zero-order valence-electron chi connectivity index (χ0n) is 12.1. The zero-order valence-corrected chi connectivity index (χ0v) is 12.1. The molecule has 21 heavy (non-hydrogen) atoms. The van der Waals surface area contributed by atoms with Gasteiger partial charge < -0.3 is 15.4 Å². The Morgan fingerprint density at radius 2 is 2.24 bits per heavy atom. The number of H-pyrrole nitrogens is 1. The number of hydrogen-bond donors (Lipinski definition) is 3. The van der Waals surface area contributed by atoms with E-state index in [1.165, 1.54) is 12.8 Å². The van der Waals surface area contributed by atoms with Crippen LogP contribution in [0.2, 0.25) is 0 Å². The first-order chi connectivity index (χ1) is 10.3. The number of ether oxygens (including phenoxy) is 1. The molecule has 2 aromatic heterocycles. The lowest BCUT2D eigenvalue weighted by Gasteiger charge is -2.20. The Kier molecular flexibility index (Phi) is 3.14. The molecule has 2 fully saturated rings. The average molecular weight is 288 g/mol. The fourth-order valence-corrected chi connectivity index (χ4v) is 3.01. The van der Waals surface area contributed by atoms with Crippen LogP contribution in [0.4, 0.5) is 11.8 Å². The van der Waals surface area contributed by atoms with Gasteiger partial charge in [0.2, 0.25) is 5.95 Å². The molecule has 0 radical (unpaired) electrons. The van der Waals surface area contributed by atoms with Crippen LogP contribution in [0.5, 0.6) is 0 Å². The molecule has 112 valence electrons. The maximum Gasteiger partial charge on any atom is 0.226 e. The Bertz CT molecular complexity index is 637. The highest BCUT2D eigenvalue weighted by atomic mass is 16.5. The van der Waals surface area contributed by atoms with E-state index in [9.17, 15) is 0 Å². The van der Waals surface area contributed by atoms with Crippen LogP contribution in [0.15, 0.2) is 6.20 Å². The fraction of sp³-hybridized carbons (Fsp3) is 0.643. The molecule has 1 aliphatic heterocycles. The fourth-order valence-electron chi connectivity index (χ4n) is 3.01. The predicted octanol–water partition coefficient (Wildman–Crippen LogP) is 1.76. The maximum atomic E-state index is 5.89. The third kappa shape index (κ3) is 2.42. The van der Waals surface area contributed by atoms with Crippen molar-refractivity contribution in [2.45, 2.75) is 38.3 Å². The van der Waals surface area contributed by atoms with Gasteiger partial charge in [0.1, 0.15) is 5.82 Å². The van der Waals surface area contributed by atoms with Crippen LogP contribution < -0.4 is 10.6 Å². The molecule has 0 bridgehead atoms. The minimum atomic E-state index is 0.324. The summed E-state index contributed by atoms with van der Waals surface area (Å²) < 4.78 is 5.89. The summed E-state index contributed by atoms with van der Waals surface area (Å²) in [6.07, 6.45) is 5.70. The van der Waals surface area contributed by atoms with Crippen molar-refractivity contribution < 1.29 is 4.74 Å². The average Bonchev–Trinajstić information content (AvgIpc) is 3.02. The monoisotopic (exact) mass is 288 g/mol. The number of aromatic amines is 1. The van der Waals surface area contributed by atoms with E-state index in [0.29, 0.717) is 18.1 Å². The van der Waals surface area contributed by atoms with Gasteiger partial charge in [0.15, 0.2) is 5.65 Å². The van der Waals surface area contributed by atoms with Crippen LogP contribution in [0.25, 0.3) is 11.0 Å². The molecular formula is C14H20N6O. The molecule has 0 amide bonds. The van der Waals surface area contributed by atoms with Gasteiger partial charge in [-0.1, -0.05) is 0 Å². The molecule has 0 aromatic carbocycles. The van der Waals surface area contributed by atoms with Gasteiger partial charge in [-0.3, -0.25) is 5.10 Å². The first kappa shape index (κ1) is 12.8. The Morgan fingerprint density at radius 3 is 3.05 bits per heavy atom. The van der Waals surface area contributed by atoms with Crippen molar-refractivity contribution in [3.63, 3.8) is 0 Å². The number of hydrogen-bond acceptors (Lipinski definition) is 6. The van der Waals surface area contributed by atoms with Gasteiger partial charge in [0, 0.05) is 13.2 Å². The van der Waals surface area contributed by atoms with Gasteiger partial charge in [-0.05, 0) is 32.1 Å². The van der Waals surface area contributed by atoms with E-state index in [1.54, 1.807) is 6.20 Å². The topological polar surface area (TPSA) is 87.8 Å². The van der Waals surface area contributed by atoms with Crippen molar-refractivity contribution in [3.05, 3.63) is 6.20 Å². The van der Waals surface area contributed by atoms with E-state index in [2.05, 4.69) is 30.8 Å². The highest BCUT2D eigenvalue weighted by Gasteiger charge is 2.40. The molecule has 7 heteroatoms. The Morgan fingerprint density at radius 1 is 1.33 bits per heavy atom. The summed E-state index contributed by atoms with van der Waals surface area (Å²) in [7, 11) is 0. The standard InChI is InChI=1S/C14H20N6O/c1-2-15-14-18-12(9-7-16-20-13(9)19-14)17-10-5-6-21-11(10)8-3-4-8/h7-8,10-11H,2-6H2,1H3,(H3,15,16,17,18,19,20). The SMILES string of the molecule is CCNc1nc(NC2CCOC2C2CC2)c2cn[nH]c2n1. The van der Waals surface area contributed by atoms with E-state index in [0.717, 1.165) is 42.3 Å². The molecule has 2 atom stereocenters. The third-order valence-corrected chi connectivity index (χ3v) is 4.19. The van der Waals surface area contributed by atoms with Gasteiger partial charge in [0.25, 0.3) is 0 Å². The zero-order chi connectivity index (χ0) is 14.2. The molecule has 2 aromatic rings. The number of fused-ring (bicyclic) bond motifs is 1. The van der Waals surface area contributed by atoms with E-state index in [-0.39, 0.29) is 0 Å². The molecule has 3 heterocycles. The molecule has 1 saturated carbocycles. The second-order valence-corrected chi connectivity index (χ2v) is 5.77. The molecule has 4 rings (SSSR count). The van der Waals surface area contributed by atoms with Gasteiger partial charge in [-0.2, -0.15) is 15.1 Å². The van der Waals surface area contributed by atoms with Crippen LogP contribution in [0.3, 0.4) is 0 Å². The number of nitrogens with zero attached hydrogens (tertiary/aromatic N) is 3. The second kappa shape index (κ2) is 5.14. The minimum absolute atomic E-state index is 0.324. The van der Waals surface area contributed by atoms with Gasteiger partial charge in [-0.15, -0.1) is 0 Å². The quantitative estimate of drug-likeness (QED) is 0.777. The Labute approximate surface area is 122 Å². The van der Waals surface area contributed by atoms with E-state index >= 15 is 0 Å². The third-order valence-electron chi connectivity index (χ3n) is 4.19. The van der Waals surface area contributed by atoms with Crippen molar-refractivity contribution in [3.8, 4) is 0 Å². The van der Waals surface area contributed by atoms with E-state index in [1.807, 2.05) is 6.92 Å². The van der Waals surface area contributed by atoms with Gasteiger partial charge >= 0.3 is 0 Å². The van der Waals surface area contributed by atoms with Crippen LogP contribution >= 0.6 is 0 Å². The lowest BCUT2D eigenvalue weighted by Crippen LogP contribution is -2.31. The van der Waals surface area contributed by atoms with Crippen molar-refractivity contribution in [2.24, 2.45) is 5.92 Å². The summed E-state index contributed by atoms with van der Waals surface area (Å²) in [4.78, 5) is 9.01. The first-order valence-corrected chi connectivity index (χ1v) is 7.68. The smallest absolute Gasteiger partial charge is 0.226 e. The molecule has 3 N–H and O–H groups in total. The number of nitrogens with one attached hydrogen (secondary N) is 3. The molecule has 2 aliphatic rings. The summed E-state index contributed by atoms with van der Waals surface area (Å²) in [5.41, 5.74) is 0.755. The van der Waals surface area contributed by atoms with Crippen LogP contribution in [0, 0.1) is 5.92 Å². The molecule has 1 aliphatic carbocycles. The summed E-state index contributed by atoms with van der Waals surface area (Å²) in [5.74, 6) is 2.18. The predicted molar refractivity (Wildman–Crippen MR) is 80.3 cm³/mol. The number of aromatic nitrogens is 4. The van der Waals surface area contributed by atoms with Crippen molar-refractivity contribution in [1.29, 1.82) is 0 Å².